The number of aromatic nitrogens is 1. The van der Waals surface area contributed by atoms with Gasteiger partial charge in [-0.3, -0.25) is 4.72 Å². The highest BCUT2D eigenvalue weighted by atomic mass is 35.5. The third-order valence-corrected chi connectivity index (χ3v) is 4.76. The summed E-state index contributed by atoms with van der Waals surface area (Å²) < 4.78 is 31.7. The van der Waals surface area contributed by atoms with E-state index in [2.05, 4.69) is 9.71 Å². The first kappa shape index (κ1) is 17.5. The summed E-state index contributed by atoms with van der Waals surface area (Å²) in [6.45, 7) is 1.96. The van der Waals surface area contributed by atoms with Gasteiger partial charge in [0.15, 0.2) is 0 Å². The van der Waals surface area contributed by atoms with Crippen LogP contribution in [0.1, 0.15) is 17.3 Å². The minimum atomic E-state index is -3.87. The fourth-order valence-corrected chi connectivity index (χ4v) is 3.02. The van der Waals surface area contributed by atoms with Gasteiger partial charge in [-0.05, 0) is 37.3 Å². The SMILES string of the molecule is CCOC(=O)c1ccc(NS(=O)(=O)c2cnc(Cl)c(Cl)c2)cc1. The highest BCUT2D eigenvalue weighted by Crippen LogP contribution is 2.23. The van der Waals surface area contributed by atoms with E-state index in [1.165, 1.54) is 30.3 Å². The van der Waals surface area contributed by atoms with Crippen molar-refractivity contribution in [2.24, 2.45) is 0 Å². The molecule has 1 heterocycles. The van der Waals surface area contributed by atoms with Crippen LogP contribution < -0.4 is 4.72 Å². The average molecular weight is 375 g/mol. The molecule has 23 heavy (non-hydrogen) atoms. The van der Waals surface area contributed by atoms with Gasteiger partial charge in [0, 0.05) is 11.9 Å². The summed E-state index contributed by atoms with van der Waals surface area (Å²) in [5.74, 6) is -0.476. The van der Waals surface area contributed by atoms with Crippen LogP contribution in [0.15, 0.2) is 41.4 Å². The first-order chi connectivity index (χ1) is 10.8. The predicted molar refractivity (Wildman–Crippen MR) is 87.5 cm³/mol. The Morgan fingerprint density at radius 2 is 1.91 bits per heavy atom. The van der Waals surface area contributed by atoms with Gasteiger partial charge in [-0.2, -0.15) is 0 Å². The molecule has 0 saturated heterocycles. The fourth-order valence-electron chi connectivity index (χ4n) is 1.65. The second kappa shape index (κ2) is 7.16. The molecule has 0 bridgehead atoms. The van der Waals surface area contributed by atoms with Gasteiger partial charge in [0.25, 0.3) is 10.0 Å². The Morgan fingerprint density at radius 3 is 2.48 bits per heavy atom. The number of carbonyl (C=O) groups is 1. The monoisotopic (exact) mass is 374 g/mol. The summed E-state index contributed by atoms with van der Waals surface area (Å²) in [5.41, 5.74) is 0.607. The number of benzene rings is 1. The lowest BCUT2D eigenvalue weighted by Crippen LogP contribution is -2.13. The molecule has 1 aromatic heterocycles. The summed E-state index contributed by atoms with van der Waals surface area (Å²) in [5, 5.41) is 0.0524. The first-order valence-corrected chi connectivity index (χ1v) is 8.68. The number of anilines is 1. The van der Waals surface area contributed by atoms with Crippen molar-refractivity contribution in [2.45, 2.75) is 11.8 Å². The zero-order valence-corrected chi connectivity index (χ0v) is 14.2. The Balaban J connectivity index is 2.20. The van der Waals surface area contributed by atoms with Crippen molar-refractivity contribution in [3.05, 3.63) is 52.3 Å². The van der Waals surface area contributed by atoms with Crippen LogP contribution in [0.3, 0.4) is 0 Å². The van der Waals surface area contributed by atoms with Crippen molar-refractivity contribution in [3.8, 4) is 0 Å². The molecular weight excluding hydrogens is 363 g/mol. The minimum Gasteiger partial charge on any atom is -0.462 e. The molecule has 122 valence electrons. The molecule has 2 aromatic rings. The molecule has 6 nitrogen and oxygen atoms in total. The maximum Gasteiger partial charge on any atom is 0.338 e. The van der Waals surface area contributed by atoms with Crippen LogP contribution in [-0.2, 0) is 14.8 Å². The molecule has 1 aromatic carbocycles. The number of hydrogen-bond donors (Lipinski definition) is 1. The largest absolute Gasteiger partial charge is 0.462 e. The molecule has 0 amide bonds. The van der Waals surface area contributed by atoms with Crippen LogP contribution in [0, 0.1) is 0 Å². The summed E-state index contributed by atoms with van der Waals surface area (Å²) in [7, 11) is -3.87. The number of nitrogens with zero attached hydrogens (tertiary/aromatic N) is 1. The molecule has 2 rings (SSSR count). The summed E-state index contributed by atoms with van der Waals surface area (Å²) in [4.78, 5) is 15.1. The zero-order valence-electron chi connectivity index (χ0n) is 11.9. The lowest BCUT2D eigenvalue weighted by molar-refractivity contribution is 0.0526. The second-order valence-corrected chi connectivity index (χ2v) is 6.79. The zero-order chi connectivity index (χ0) is 17.0. The molecule has 0 aliphatic rings. The standard InChI is InChI=1S/C14H12Cl2N2O4S/c1-2-22-14(19)9-3-5-10(6-4-9)18-23(20,21)11-7-12(15)13(16)17-8-11/h3-8,18H,2H2,1H3. The van der Waals surface area contributed by atoms with Crippen LogP contribution in [0.5, 0.6) is 0 Å². The van der Waals surface area contributed by atoms with Gasteiger partial charge in [-0.15, -0.1) is 0 Å². The van der Waals surface area contributed by atoms with Gasteiger partial charge in [-0.1, -0.05) is 23.2 Å². The Bertz CT molecular complexity index is 823. The number of ether oxygens (including phenoxy) is 1. The fraction of sp³-hybridized carbons (Fsp3) is 0.143. The van der Waals surface area contributed by atoms with Gasteiger partial charge >= 0.3 is 5.97 Å². The quantitative estimate of drug-likeness (QED) is 0.640. The molecule has 0 atom stereocenters. The molecular formula is C14H12Cl2N2O4S. The van der Waals surface area contributed by atoms with E-state index in [0.717, 1.165) is 6.20 Å². The van der Waals surface area contributed by atoms with Crippen molar-refractivity contribution in [3.63, 3.8) is 0 Å². The maximum absolute atomic E-state index is 12.2. The van der Waals surface area contributed by atoms with E-state index < -0.39 is 16.0 Å². The van der Waals surface area contributed by atoms with Gasteiger partial charge in [0.05, 0.1) is 17.2 Å². The Hall–Kier alpha value is -1.83. The normalized spacial score (nSPS) is 11.1. The number of pyridine rings is 1. The molecule has 0 saturated carbocycles. The van der Waals surface area contributed by atoms with Crippen LogP contribution in [0.4, 0.5) is 5.69 Å². The van der Waals surface area contributed by atoms with Crippen molar-refractivity contribution >= 4 is 44.9 Å². The lowest BCUT2D eigenvalue weighted by Gasteiger charge is -2.09. The molecule has 0 aliphatic heterocycles. The molecule has 0 unspecified atom stereocenters. The van der Waals surface area contributed by atoms with Crippen LogP contribution in [-0.4, -0.2) is 26.0 Å². The smallest absolute Gasteiger partial charge is 0.338 e. The number of rotatable bonds is 5. The molecule has 9 heteroatoms. The molecule has 0 radical (unpaired) electrons. The van der Waals surface area contributed by atoms with Crippen molar-refractivity contribution < 1.29 is 17.9 Å². The minimum absolute atomic E-state index is 0.0180. The van der Waals surface area contributed by atoms with E-state index in [9.17, 15) is 13.2 Å². The first-order valence-electron chi connectivity index (χ1n) is 6.44. The summed E-state index contributed by atoms with van der Waals surface area (Å²) in [6.07, 6.45) is 1.10. The van der Waals surface area contributed by atoms with E-state index in [0.29, 0.717) is 5.56 Å². The van der Waals surface area contributed by atoms with Crippen LogP contribution in [0.2, 0.25) is 10.2 Å². The topological polar surface area (TPSA) is 85.4 Å². The van der Waals surface area contributed by atoms with Gasteiger partial charge < -0.3 is 4.74 Å². The van der Waals surface area contributed by atoms with Crippen LogP contribution in [0.25, 0.3) is 0 Å². The highest BCUT2D eigenvalue weighted by molar-refractivity contribution is 7.92. The number of carbonyl (C=O) groups excluding carboxylic acids is 1. The van der Waals surface area contributed by atoms with Crippen molar-refractivity contribution in [2.75, 3.05) is 11.3 Å². The van der Waals surface area contributed by atoms with E-state index in [1.54, 1.807) is 6.92 Å². The van der Waals surface area contributed by atoms with Crippen molar-refractivity contribution in [1.29, 1.82) is 0 Å². The maximum atomic E-state index is 12.2. The van der Waals surface area contributed by atoms with Gasteiger partial charge in [0.2, 0.25) is 0 Å². The second-order valence-electron chi connectivity index (χ2n) is 4.35. The highest BCUT2D eigenvalue weighted by Gasteiger charge is 2.17. The van der Waals surface area contributed by atoms with E-state index in [-0.39, 0.29) is 27.4 Å². The molecule has 0 spiro atoms. The molecule has 0 aliphatic carbocycles. The Morgan fingerprint density at radius 1 is 1.26 bits per heavy atom. The van der Waals surface area contributed by atoms with Gasteiger partial charge in [-0.25, -0.2) is 18.2 Å². The number of nitrogens with one attached hydrogen (secondary N) is 1. The van der Waals surface area contributed by atoms with E-state index in [4.69, 9.17) is 27.9 Å². The number of sulfonamides is 1. The molecule has 1 N–H and O–H groups in total. The Labute approximate surface area is 143 Å². The third kappa shape index (κ3) is 4.34. The summed E-state index contributed by atoms with van der Waals surface area (Å²) >= 11 is 11.4. The third-order valence-electron chi connectivity index (χ3n) is 2.73. The Kier molecular flexibility index (Phi) is 5.46. The van der Waals surface area contributed by atoms with Crippen LogP contribution >= 0.6 is 23.2 Å². The summed E-state index contributed by atoms with van der Waals surface area (Å²) in [6, 6.07) is 7.03. The number of halogens is 2. The van der Waals surface area contributed by atoms with Gasteiger partial charge in [0.1, 0.15) is 10.0 Å². The number of esters is 1. The predicted octanol–water partition coefficient (Wildman–Crippen LogP) is 3.37. The van der Waals surface area contributed by atoms with E-state index in [1.807, 2.05) is 0 Å². The van der Waals surface area contributed by atoms with Crippen molar-refractivity contribution in [1.82, 2.24) is 4.98 Å². The lowest BCUT2D eigenvalue weighted by atomic mass is 10.2. The average Bonchev–Trinajstić information content (AvgIpc) is 2.50. The molecule has 0 fully saturated rings. The van der Waals surface area contributed by atoms with E-state index >= 15 is 0 Å². The number of hydrogen-bond acceptors (Lipinski definition) is 5.